The van der Waals surface area contributed by atoms with E-state index in [-0.39, 0.29) is 29.7 Å². The Morgan fingerprint density at radius 3 is 2.43 bits per heavy atom. The van der Waals surface area contributed by atoms with Gasteiger partial charge in [0.2, 0.25) is 5.91 Å². The number of nitrogens with one attached hydrogen (secondary N) is 1. The number of rotatable bonds is 4. The van der Waals surface area contributed by atoms with Crippen molar-refractivity contribution in [1.82, 2.24) is 5.32 Å². The molecule has 3 N–H and O–H groups in total. The maximum atomic E-state index is 13.2. The van der Waals surface area contributed by atoms with Gasteiger partial charge >= 0.3 is 0 Å². The minimum Gasteiger partial charge on any atom is -0.349 e. The molecule has 2 saturated carbocycles. The quantitative estimate of drug-likeness (QED) is 0.889. The zero-order chi connectivity index (χ0) is 16.2. The fraction of sp³-hybridized carbons (Fsp3) is 0.632. The molecule has 0 aliphatic heterocycles. The van der Waals surface area contributed by atoms with Crippen LogP contribution in [0.2, 0.25) is 0 Å². The van der Waals surface area contributed by atoms with Gasteiger partial charge in [-0.2, -0.15) is 0 Å². The molecule has 2 aliphatic rings. The summed E-state index contributed by atoms with van der Waals surface area (Å²) < 4.78 is 13.2. The van der Waals surface area contributed by atoms with Gasteiger partial charge in [-0.15, -0.1) is 0 Å². The Balaban J connectivity index is 1.72. The van der Waals surface area contributed by atoms with Crippen molar-refractivity contribution in [3.63, 3.8) is 0 Å². The van der Waals surface area contributed by atoms with Crippen LogP contribution < -0.4 is 11.1 Å². The first kappa shape index (κ1) is 16.4. The Morgan fingerprint density at radius 1 is 1.09 bits per heavy atom. The molecule has 1 aromatic carbocycles. The van der Waals surface area contributed by atoms with E-state index in [4.69, 9.17) is 5.73 Å². The molecule has 0 radical (unpaired) electrons. The third kappa shape index (κ3) is 4.11. The molecule has 2 fully saturated rings. The average molecular weight is 318 g/mol. The van der Waals surface area contributed by atoms with E-state index < -0.39 is 0 Å². The topological polar surface area (TPSA) is 55.1 Å². The summed E-state index contributed by atoms with van der Waals surface area (Å²) >= 11 is 0. The first-order valence-corrected chi connectivity index (χ1v) is 8.95. The molecular formula is C19H27FN2O. The SMILES string of the molecule is NC1CCCC(C(=O)NC(c2ccc(F)cc2)C2CCCC2)C1. The monoisotopic (exact) mass is 318 g/mol. The summed E-state index contributed by atoms with van der Waals surface area (Å²) in [5, 5.41) is 3.27. The smallest absolute Gasteiger partial charge is 0.223 e. The van der Waals surface area contributed by atoms with E-state index in [1.807, 2.05) is 12.1 Å². The fourth-order valence-corrected chi connectivity index (χ4v) is 4.17. The summed E-state index contributed by atoms with van der Waals surface area (Å²) in [6.07, 6.45) is 8.46. The third-order valence-electron chi connectivity index (χ3n) is 5.48. The summed E-state index contributed by atoms with van der Waals surface area (Å²) in [6.45, 7) is 0. The highest BCUT2D eigenvalue weighted by Gasteiger charge is 2.31. The molecule has 3 rings (SSSR count). The zero-order valence-corrected chi connectivity index (χ0v) is 13.6. The fourth-order valence-electron chi connectivity index (χ4n) is 4.17. The lowest BCUT2D eigenvalue weighted by atomic mass is 9.84. The van der Waals surface area contributed by atoms with E-state index in [0.717, 1.165) is 44.1 Å². The minimum absolute atomic E-state index is 0.00347. The molecule has 3 atom stereocenters. The lowest BCUT2D eigenvalue weighted by Gasteiger charge is -2.30. The largest absolute Gasteiger partial charge is 0.349 e. The second-order valence-electron chi connectivity index (χ2n) is 7.21. The molecule has 3 nitrogen and oxygen atoms in total. The van der Waals surface area contributed by atoms with Crippen molar-refractivity contribution in [1.29, 1.82) is 0 Å². The van der Waals surface area contributed by atoms with Crippen molar-refractivity contribution in [3.05, 3.63) is 35.6 Å². The van der Waals surface area contributed by atoms with Crippen LogP contribution in [0.3, 0.4) is 0 Å². The van der Waals surface area contributed by atoms with Gasteiger partial charge in [0.15, 0.2) is 0 Å². The molecule has 4 heteroatoms. The maximum absolute atomic E-state index is 13.2. The van der Waals surface area contributed by atoms with Gasteiger partial charge in [0.1, 0.15) is 5.82 Å². The number of carbonyl (C=O) groups is 1. The molecule has 0 aromatic heterocycles. The number of hydrogen-bond donors (Lipinski definition) is 2. The van der Waals surface area contributed by atoms with Crippen molar-refractivity contribution >= 4 is 5.91 Å². The van der Waals surface area contributed by atoms with Crippen LogP contribution in [-0.4, -0.2) is 11.9 Å². The van der Waals surface area contributed by atoms with Gasteiger partial charge in [-0.25, -0.2) is 4.39 Å². The Kier molecular flexibility index (Phi) is 5.31. The number of carbonyl (C=O) groups excluding carboxylic acids is 1. The Morgan fingerprint density at radius 2 is 1.78 bits per heavy atom. The normalized spacial score (nSPS) is 26.9. The first-order valence-electron chi connectivity index (χ1n) is 8.95. The van der Waals surface area contributed by atoms with Crippen molar-refractivity contribution in [2.45, 2.75) is 63.5 Å². The van der Waals surface area contributed by atoms with Gasteiger partial charge < -0.3 is 11.1 Å². The van der Waals surface area contributed by atoms with E-state index in [2.05, 4.69) is 5.32 Å². The first-order chi connectivity index (χ1) is 11.1. The van der Waals surface area contributed by atoms with Gasteiger partial charge in [-0.1, -0.05) is 31.4 Å². The molecule has 0 heterocycles. The predicted octanol–water partition coefficient (Wildman–Crippen LogP) is 3.69. The number of hydrogen-bond acceptors (Lipinski definition) is 2. The van der Waals surface area contributed by atoms with Crippen LogP contribution in [0.5, 0.6) is 0 Å². The molecular weight excluding hydrogens is 291 g/mol. The second kappa shape index (κ2) is 7.43. The Bertz CT molecular complexity index is 525. The molecule has 23 heavy (non-hydrogen) atoms. The lowest BCUT2D eigenvalue weighted by Crippen LogP contribution is -2.41. The van der Waals surface area contributed by atoms with Crippen LogP contribution in [0.4, 0.5) is 4.39 Å². The summed E-state index contributed by atoms with van der Waals surface area (Å²) in [4.78, 5) is 12.7. The number of nitrogens with two attached hydrogens (primary N) is 1. The number of benzene rings is 1. The molecule has 0 bridgehead atoms. The van der Waals surface area contributed by atoms with Crippen LogP contribution in [0.15, 0.2) is 24.3 Å². The molecule has 2 aliphatic carbocycles. The van der Waals surface area contributed by atoms with Gasteiger partial charge in [0, 0.05) is 12.0 Å². The van der Waals surface area contributed by atoms with Crippen molar-refractivity contribution < 1.29 is 9.18 Å². The van der Waals surface area contributed by atoms with E-state index in [9.17, 15) is 9.18 Å². The van der Waals surface area contributed by atoms with Crippen molar-refractivity contribution in [2.24, 2.45) is 17.6 Å². The van der Waals surface area contributed by atoms with E-state index in [0.29, 0.717) is 5.92 Å². The average Bonchev–Trinajstić information content (AvgIpc) is 3.07. The Labute approximate surface area is 137 Å². The van der Waals surface area contributed by atoms with E-state index in [1.165, 1.54) is 25.0 Å². The molecule has 0 saturated heterocycles. The summed E-state index contributed by atoms with van der Waals surface area (Å²) in [6, 6.07) is 6.75. The van der Waals surface area contributed by atoms with Gasteiger partial charge in [-0.05, 0) is 55.7 Å². The van der Waals surface area contributed by atoms with Gasteiger partial charge in [-0.3, -0.25) is 4.79 Å². The van der Waals surface area contributed by atoms with Crippen LogP contribution in [0, 0.1) is 17.7 Å². The summed E-state index contributed by atoms with van der Waals surface area (Å²) in [5.74, 6) is 0.384. The van der Waals surface area contributed by atoms with Crippen molar-refractivity contribution in [2.75, 3.05) is 0 Å². The molecule has 3 unspecified atom stereocenters. The molecule has 126 valence electrons. The van der Waals surface area contributed by atoms with Crippen LogP contribution >= 0.6 is 0 Å². The predicted molar refractivity (Wildman–Crippen MR) is 89.2 cm³/mol. The summed E-state index contributed by atoms with van der Waals surface area (Å²) in [7, 11) is 0. The maximum Gasteiger partial charge on any atom is 0.223 e. The second-order valence-corrected chi connectivity index (χ2v) is 7.21. The third-order valence-corrected chi connectivity index (χ3v) is 5.48. The minimum atomic E-state index is -0.233. The van der Waals surface area contributed by atoms with Crippen LogP contribution in [0.1, 0.15) is 63.0 Å². The van der Waals surface area contributed by atoms with Gasteiger partial charge in [0.05, 0.1) is 6.04 Å². The van der Waals surface area contributed by atoms with Gasteiger partial charge in [0.25, 0.3) is 0 Å². The standard InChI is InChI=1S/C19H27FN2O/c20-16-10-8-14(9-11-16)18(13-4-1-2-5-13)22-19(23)15-6-3-7-17(21)12-15/h8-11,13,15,17-18H,1-7,12,21H2,(H,22,23). The molecule has 1 amide bonds. The highest BCUT2D eigenvalue weighted by Crippen LogP contribution is 2.36. The highest BCUT2D eigenvalue weighted by molar-refractivity contribution is 5.79. The Hall–Kier alpha value is -1.42. The molecule has 0 spiro atoms. The van der Waals surface area contributed by atoms with E-state index in [1.54, 1.807) is 0 Å². The summed E-state index contributed by atoms with van der Waals surface area (Å²) in [5.41, 5.74) is 7.04. The number of amides is 1. The van der Waals surface area contributed by atoms with Crippen molar-refractivity contribution in [3.8, 4) is 0 Å². The highest BCUT2D eigenvalue weighted by atomic mass is 19.1. The number of halogens is 1. The lowest BCUT2D eigenvalue weighted by molar-refractivity contribution is -0.127. The van der Waals surface area contributed by atoms with E-state index >= 15 is 0 Å². The van der Waals surface area contributed by atoms with Crippen LogP contribution in [0.25, 0.3) is 0 Å². The van der Waals surface area contributed by atoms with Crippen LogP contribution in [-0.2, 0) is 4.79 Å². The molecule has 1 aromatic rings. The zero-order valence-electron chi connectivity index (χ0n) is 13.6.